The Hall–Kier alpha value is -3.15. The van der Waals surface area contributed by atoms with E-state index in [4.69, 9.17) is 15.2 Å². The molecule has 122 valence electrons. The molecule has 0 aliphatic heterocycles. The number of hydrogen-bond donors (Lipinski definition) is 1. The van der Waals surface area contributed by atoms with Crippen LogP contribution in [0.2, 0.25) is 0 Å². The molecule has 1 aromatic heterocycles. The van der Waals surface area contributed by atoms with Gasteiger partial charge in [0, 0.05) is 17.1 Å². The molecular formula is C18H18N4O2. The van der Waals surface area contributed by atoms with Gasteiger partial charge in [-0.3, -0.25) is 0 Å². The third kappa shape index (κ3) is 3.12. The molecule has 0 aliphatic carbocycles. The molecule has 0 saturated carbocycles. The number of aromatic nitrogens is 2. The maximum atomic E-state index is 5.62. The molecule has 1 heterocycles. The number of nitrogens with two attached hydrogens (primary N) is 1. The maximum Gasteiger partial charge on any atom is 0.161 e. The summed E-state index contributed by atoms with van der Waals surface area (Å²) in [7, 11) is 3.21. The van der Waals surface area contributed by atoms with Crippen LogP contribution in [0.3, 0.4) is 0 Å². The summed E-state index contributed by atoms with van der Waals surface area (Å²) in [6.45, 7) is 1.75. The van der Waals surface area contributed by atoms with Crippen molar-refractivity contribution >= 4 is 22.4 Å². The summed E-state index contributed by atoms with van der Waals surface area (Å²) in [5.74, 6) is 2.44. The van der Waals surface area contributed by atoms with Crippen molar-refractivity contribution in [2.75, 3.05) is 14.2 Å². The Morgan fingerprint density at radius 1 is 1.04 bits per heavy atom. The predicted molar refractivity (Wildman–Crippen MR) is 95.0 cm³/mol. The van der Waals surface area contributed by atoms with Crippen molar-refractivity contribution in [1.29, 1.82) is 0 Å². The first kappa shape index (κ1) is 15.7. The second kappa shape index (κ2) is 6.54. The summed E-state index contributed by atoms with van der Waals surface area (Å²) in [5.41, 5.74) is 8.09. The molecule has 0 amide bonds. The summed E-state index contributed by atoms with van der Waals surface area (Å²) >= 11 is 0. The van der Waals surface area contributed by atoms with Gasteiger partial charge in [0.25, 0.3) is 0 Å². The van der Waals surface area contributed by atoms with E-state index < -0.39 is 0 Å². The van der Waals surface area contributed by atoms with Crippen LogP contribution in [0.5, 0.6) is 11.5 Å². The average molecular weight is 322 g/mol. The van der Waals surface area contributed by atoms with Crippen molar-refractivity contribution in [3.05, 3.63) is 42.6 Å². The van der Waals surface area contributed by atoms with Gasteiger partial charge in [-0.1, -0.05) is 0 Å². The first-order valence-corrected chi connectivity index (χ1v) is 7.40. The van der Waals surface area contributed by atoms with E-state index in [1.807, 2.05) is 36.4 Å². The van der Waals surface area contributed by atoms with Gasteiger partial charge in [0.1, 0.15) is 0 Å². The number of hydrogen-bond acceptors (Lipinski definition) is 5. The highest BCUT2D eigenvalue weighted by Gasteiger charge is 2.09. The van der Waals surface area contributed by atoms with E-state index in [2.05, 4.69) is 15.0 Å². The van der Waals surface area contributed by atoms with Gasteiger partial charge in [0.05, 0.1) is 31.3 Å². The Balaban J connectivity index is 2.03. The zero-order valence-electron chi connectivity index (χ0n) is 13.8. The molecule has 0 atom stereocenters. The smallest absolute Gasteiger partial charge is 0.161 e. The summed E-state index contributed by atoms with van der Waals surface area (Å²) < 4.78 is 10.6. The molecular weight excluding hydrogens is 304 g/mol. The van der Waals surface area contributed by atoms with E-state index in [1.165, 1.54) is 0 Å². The number of methoxy groups -OCH3 is 2. The Morgan fingerprint density at radius 2 is 1.83 bits per heavy atom. The lowest BCUT2D eigenvalue weighted by atomic mass is 10.1. The summed E-state index contributed by atoms with van der Waals surface area (Å²) in [5, 5.41) is 0.904. The van der Waals surface area contributed by atoms with E-state index in [0.717, 1.165) is 22.2 Å². The molecule has 0 aliphatic rings. The van der Waals surface area contributed by atoms with Crippen LogP contribution in [0.4, 0.5) is 5.69 Å². The van der Waals surface area contributed by atoms with Gasteiger partial charge in [-0.15, -0.1) is 0 Å². The molecule has 2 N–H and O–H groups in total. The van der Waals surface area contributed by atoms with Gasteiger partial charge in [-0.25, -0.2) is 15.0 Å². The fourth-order valence-corrected chi connectivity index (χ4v) is 2.41. The molecule has 3 rings (SSSR count). The van der Waals surface area contributed by atoms with Gasteiger partial charge in [-0.05, 0) is 43.3 Å². The number of benzene rings is 2. The van der Waals surface area contributed by atoms with Crippen molar-refractivity contribution in [2.45, 2.75) is 6.92 Å². The highest BCUT2D eigenvalue weighted by Crippen LogP contribution is 2.31. The zero-order valence-corrected chi connectivity index (χ0v) is 13.8. The first-order valence-electron chi connectivity index (χ1n) is 7.40. The Kier molecular flexibility index (Phi) is 4.29. The van der Waals surface area contributed by atoms with Crippen molar-refractivity contribution in [3.8, 4) is 22.9 Å². The van der Waals surface area contributed by atoms with Crippen molar-refractivity contribution < 1.29 is 9.47 Å². The molecule has 2 aromatic carbocycles. The minimum atomic E-state index is 0.511. The summed E-state index contributed by atoms with van der Waals surface area (Å²) in [6, 6.07) is 11.3. The van der Waals surface area contributed by atoms with Gasteiger partial charge in [0.15, 0.2) is 17.3 Å². The highest BCUT2D eigenvalue weighted by molar-refractivity contribution is 5.86. The van der Waals surface area contributed by atoms with Crippen LogP contribution in [0.15, 0.2) is 47.6 Å². The molecule has 6 heteroatoms. The van der Waals surface area contributed by atoms with Crippen LogP contribution < -0.4 is 15.2 Å². The third-order valence-electron chi connectivity index (χ3n) is 3.51. The van der Waals surface area contributed by atoms with Crippen molar-refractivity contribution in [3.63, 3.8) is 0 Å². The van der Waals surface area contributed by atoms with Gasteiger partial charge < -0.3 is 15.2 Å². The molecule has 3 aromatic rings. The average Bonchev–Trinajstić information content (AvgIpc) is 2.60. The standard InChI is InChI=1S/C18H18N4O2/c1-11(19)21-14-5-6-15-13(8-14)10-20-18(22-15)12-4-7-16(23-2)17(9-12)24-3/h4-10H,1-3H3,(H2,19,21). The molecule has 0 saturated heterocycles. The lowest BCUT2D eigenvalue weighted by Gasteiger charge is -2.09. The fourth-order valence-electron chi connectivity index (χ4n) is 2.41. The van der Waals surface area contributed by atoms with Gasteiger partial charge in [-0.2, -0.15) is 0 Å². The molecule has 24 heavy (non-hydrogen) atoms. The van der Waals surface area contributed by atoms with Crippen LogP contribution in [-0.2, 0) is 0 Å². The topological polar surface area (TPSA) is 82.6 Å². The van der Waals surface area contributed by atoms with Gasteiger partial charge >= 0.3 is 0 Å². The third-order valence-corrected chi connectivity index (χ3v) is 3.51. The summed E-state index contributed by atoms with van der Waals surface area (Å²) in [4.78, 5) is 13.3. The molecule has 0 unspecified atom stereocenters. The minimum Gasteiger partial charge on any atom is -0.493 e. The maximum absolute atomic E-state index is 5.62. The molecule has 0 bridgehead atoms. The molecule has 0 radical (unpaired) electrons. The zero-order chi connectivity index (χ0) is 17.1. The van der Waals surface area contributed by atoms with Crippen molar-refractivity contribution in [2.24, 2.45) is 10.7 Å². The Morgan fingerprint density at radius 3 is 2.54 bits per heavy atom. The number of aliphatic imine (C=N–C) groups is 1. The fraction of sp³-hybridized carbons (Fsp3) is 0.167. The lowest BCUT2D eigenvalue weighted by molar-refractivity contribution is 0.355. The molecule has 0 fully saturated rings. The van der Waals surface area contributed by atoms with Crippen LogP contribution in [0.1, 0.15) is 6.92 Å². The van der Waals surface area contributed by atoms with E-state index >= 15 is 0 Å². The van der Waals surface area contributed by atoms with Crippen LogP contribution in [0, 0.1) is 0 Å². The Labute approximate surface area is 140 Å². The monoisotopic (exact) mass is 322 g/mol. The number of fused-ring (bicyclic) bond motifs is 1. The molecule has 6 nitrogen and oxygen atoms in total. The number of amidine groups is 1. The van der Waals surface area contributed by atoms with Crippen LogP contribution in [-0.4, -0.2) is 30.0 Å². The molecule has 0 spiro atoms. The van der Waals surface area contributed by atoms with Crippen LogP contribution in [0.25, 0.3) is 22.3 Å². The van der Waals surface area contributed by atoms with E-state index in [9.17, 15) is 0 Å². The lowest BCUT2D eigenvalue weighted by Crippen LogP contribution is -2.03. The van der Waals surface area contributed by atoms with Crippen LogP contribution >= 0.6 is 0 Å². The van der Waals surface area contributed by atoms with Gasteiger partial charge in [0.2, 0.25) is 0 Å². The summed E-state index contributed by atoms with van der Waals surface area (Å²) in [6.07, 6.45) is 1.78. The largest absolute Gasteiger partial charge is 0.493 e. The van der Waals surface area contributed by atoms with E-state index in [0.29, 0.717) is 23.2 Å². The highest BCUT2D eigenvalue weighted by atomic mass is 16.5. The van der Waals surface area contributed by atoms with Crippen molar-refractivity contribution in [1.82, 2.24) is 9.97 Å². The Bertz CT molecular complexity index is 918. The first-order chi connectivity index (χ1) is 11.6. The van der Waals surface area contributed by atoms with E-state index in [1.54, 1.807) is 27.3 Å². The number of ether oxygens (including phenoxy) is 2. The second-order valence-corrected chi connectivity index (χ2v) is 5.26. The SMILES string of the molecule is COc1ccc(-c2ncc3cc(N=C(C)N)ccc3n2)cc1OC. The van der Waals surface area contributed by atoms with E-state index in [-0.39, 0.29) is 0 Å². The normalized spacial score (nSPS) is 11.5. The quantitative estimate of drug-likeness (QED) is 0.588. The minimum absolute atomic E-state index is 0.511. The number of nitrogens with zero attached hydrogens (tertiary/aromatic N) is 3. The second-order valence-electron chi connectivity index (χ2n) is 5.26. The number of rotatable bonds is 4. The predicted octanol–water partition coefficient (Wildman–Crippen LogP) is 3.32.